The Hall–Kier alpha value is -2.22. The minimum atomic E-state index is -3.33. The molecule has 2 aromatic rings. The second kappa shape index (κ2) is 6.01. The van der Waals surface area contributed by atoms with Crippen molar-refractivity contribution in [3.8, 4) is 0 Å². The highest BCUT2D eigenvalue weighted by Gasteiger charge is 2.33. The number of hydrogen-bond donors (Lipinski definition) is 1. The maximum absolute atomic E-state index is 12.4. The van der Waals surface area contributed by atoms with Crippen LogP contribution in [0.2, 0.25) is 0 Å². The molecular formula is C16H20N4O3S. The SMILES string of the molecule is CC(C)N1CCC(Nc2ncnc3ccc(S(C)(=O)=O)cc23)C1=O. The Morgan fingerprint density at radius 3 is 2.67 bits per heavy atom. The fraction of sp³-hybridized carbons (Fsp3) is 0.438. The second-order valence-electron chi connectivity index (χ2n) is 6.28. The van der Waals surface area contributed by atoms with Gasteiger partial charge >= 0.3 is 0 Å². The summed E-state index contributed by atoms with van der Waals surface area (Å²) >= 11 is 0. The molecule has 0 bridgehead atoms. The van der Waals surface area contributed by atoms with Crippen molar-refractivity contribution in [1.82, 2.24) is 14.9 Å². The highest BCUT2D eigenvalue weighted by molar-refractivity contribution is 7.90. The lowest BCUT2D eigenvalue weighted by molar-refractivity contribution is -0.129. The lowest BCUT2D eigenvalue weighted by atomic mass is 10.2. The third-order valence-electron chi connectivity index (χ3n) is 4.21. The summed E-state index contributed by atoms with van der Waals surface area (Å²) in [5.41, 5.74) is 0.631. The van der Waals surface area contributed by atoms with Crippen LogP contribution in [0.3, 0.4) is 0 Å². The minimum absolute atomic E-state index is 0.0380. The number of nitrogens with one attached hydrogen (secondary N) is 1. The van der Waals surface area contributed by atoms with Crippen LogP contribution in [0.15, 0.2) is 29.4 Å². The summed E-state index contributed by atoms with van der Waals surface area (Å²) in [6, 6.07) is 4.52. The van der Waals surface area contributed by atoms with Crippen LogP contribution in [0.4, 0.5) is 5.82 Å². The molecule has 2 heterocycles. The maximum Gasteiger partial charge on any atom is 0.245 e. The van der Waals surface area contributed by atoms with Crippen molar-refractivity contribution < 1.29 is 13.2 Å². The van der Waals surface area contributed by atoms with Crippen molar-refractivity contribution in [3.05, 3.63) is 24.5 Å². The Kier molecular flexibility index (Phi) is 4.16. The van der Waals surface area contributed by atoms with Gasteiger partial charge in [-0.3, -0.25) is 4.79 Å². The smallest absolute Gasteiger partial charge is 0.245 e. The van der Waals surface area contributed by atoms with Crippen LogP contribution in [-0.2, 0) is 14.6 Å². The van der Waals surface area contributed by atoms with Crippen molar-refractivity contribution >= 4 is 32.5 Å². The number of carbonyl (C=O) groups is 1. The molecule has 1 aliphatic heterocycles. The van der Waals surface area contributed by atoms with E-state index < -0.39 is 9.84 Å². The van der Waals surface area contributed by atoms with E-state index in [-0.39, 0.29) is 22.9 Å². The molecule has 8 heteroatoms. The average Bonchev–Trinajstić information content (AvgIpc) is 2.87. The van der Waals surface area contributed by atoms with Gasteiger partial charge in [-0.2, -0.15) is 0 Å². The predicted octanol–water partition coefficient (Wildman–Crippen LogP) is 1.45. The van der Waals surface area contributed by atoms with Crippen LogP contribution in [0.25, 0.3) is 10.9 Å². The first-order chi connectivity index (χ1) is 11.3. The first-order valence-corrected chi connectivity index (χ1v) is 9.68. The summed E-state index contributed by atoms with van der Waals surface area (Å²) < 4.78 is 23.6. The number of amides is 1. The zero-order chi connectivity index (χ0) is 17.5. The van der Waals surface area contributed by atoms with E-state index in [1.807, 2.05) is 18.7 Å². The number of carbonyl (C=O) groups excluding carboxylic acids is 1. The van der Waals surface area contributed by atoms with E-state index in [0.29, 0.717) is 29.7 Å². The molecule has 128 valence electrons. The van der Waals surface area contributed by atoms with Gasteiger partial charge in [0.05, 0.1) is 10.4 Å². The number of likely N-dealkylation sites (tertiary alicyclic amines) is 1. The average molecular weight is 348 g/mol. The molecule has 3 rings (SSSR count). The number of fused-ring (bicyclic) bond motifs is 1. The number of nitrogens with zero attached hydrogens (tertiary/aromatic N) is 3. The lowest BCUT2D eigenvalue weighted by Gasteiger charge is -2.21. The third-order valence-corrected chi connectivity index (χ3v) is 5.32. The van der Waals surface area contributed by atoms with Gasteiger partial charge in [-0.1, -0.05) is 0 Å². The number of hydrogen-bond acceptors (Lipinski definition) is 6. The Labute approximate surface area is 141 Å². The normalized spacial score (nSPS) is 18.6. The van der Waals surface area contributed by atoms with Gasteiger partial charge < -0.3 is 10.2 Å². The monoisotopic (exact) mass is 348 g/mol. The Bertz CT molecular complexity index is 895. The van der Waals surface area contributed by atoms with E-state index in [9.17, 15) is 13.2 Å². The molecule has 1 amide bonds. The summed E-state index contributed by atoms with van der Waals surface area (Å²) in [5.74, 6) is 0.519. The van der Waals surface area contributed by atoms with E-state index in [4.69, 9.17) is 0 Å². The fourth-order valence-corrected chi connectivity index (χ4v) is 3.54. The summed E-state index contributed by atoms with van der Waals surface area (Å²) in [6.07, 6.45) is 3.25. The van der Waals surface area contributed by atoms with Gasteiger partial charge in [0, 0.05) is 24.2 Å². The summed E-state index contributed by atoms with van der Waals surface area (Å²) in [5, 5.41) is 3.75. The van der Waals surface area contributed by atoms with Gasteiger partial charge in [0.25, 0.3) is 0 Å². The van der Waals surface area contributed by atoms with Crippen LogP contribution in [0.5, 0.6) is 0 Å². The van der Waals surface area contributed by atoms with Gasteiger partial charge in [-0.05, 0) is 38.5 Å². The molecule has 0 saturated carbocycles. The molecule has 1 aromatic carbocycles. The van der Waals surface area contributed by atoms with Crippen LogP contribution in [-0.4, -0.2) is 54.1 Å². The number of aromatic nitrogens is 2. The predicted molar refractivity (Wildman–Crippen MR) is 91.5 cm³/mol. The van der Waals surface area contributed by atoms with Gasteiger partial charge in [0.2, 0.25) is 5.91 Å². The molecular weight excluding hydrogens is 328 g/mol. The topological polar surface area (TPSA) is 92.3 Å². The Morgan fingerprint density at radius 2 is 2.04 bits per heavy atom. The van der Waals surface area contributed by atoms with Gasteiger partial charge in [0.15, 0.2) is 9.84 Å². The molecule has 1 saturated heterocycles. The highest BCUT2D eigenvalue weighted by Crippen LogP contribution is 2.25. The molecule has 1 aliphatic rings. The molecule has 1 atom stereocenters. The summed E-state index contributed by atoms with van der Waals surface area (Å²) in [6.45, 7) is 4.67. The zero-order valence-corrected chi connectivity index (χ0v) is 14.7. The van der Waals surface area contributed by atoms with Gasteiger partial charge in [-0.25, -0.2) is 18.4 Å². The first kappa shape index (κ1) is 16.6. The number of sulfone groups is 1. The fourth-order valence-electron chi connectivity index (χ4n) is 2.90. The third kappa shape index (κ3) is 3.06. The molecule has 1 N–H and O–H groups in total. The zero-order valence-electron chi connectivity index (χ0n) is 13.9. The standard InChI is InChI=1S/C16H20N4O3S/c1-10(2)20-7-6-14(16(20)21)19-15-12-8-11(24(3,22)23)4-5-13(12)17-9-18-15/h4-5,8-10,14H,6-7H2,1-3H3,(H,17,18,19). The van der Waals surface area contributed by atoms with Crippen molar-refractivity contribution in [3.63, 3.8) is 0 Å². The van der Waals surface area contributed by atoms with Crippen molar-refractivity contribution in [2.24, 2.45) is 0 Å². The van der Waals surface area contributed by atoms with Crippen molar-refractivity contribution in [2.75, 3.05) is 18.1 Å². The molecule has 0 radical (unpaired) electrons. The Morgan fingerprint density at radius 1 is 1.29 bits per heavy atom. The largest absolute Gasteiger partial charge is 0.358 e. The first-order valence-electron chi connectivity index (χ1n) is 7.79. The van der Waals surface area contributed by atoms with Gasteiger partial charge in [-0.15, -0.1) is 0 Å². The summed E-state index contributed by atoms with van der Waals surface area (Å²) in [7, 11) is -3.33. The van der Waals surface area contributed by atoms with Crippen LogP contribution < -0.4 is 5.32 Å². The summed E-state index contributed by atoms with van der Waals surface area (Å²) in [4.78, 5) is 22.8. The van der Waals surface area contributed by atoms with Gasteiger partial charge in [0.1, 0.15) is 18.2 Å². The number of rotatable bonds is 4. The lowest BCUT2D eigenvalue weighted by Crippen LogP contribution is -2.37. The minimum Gasteiger partial charge on any atom is -0.358 e. The number of anilines is 1. The highest BCUT2D eigenvalue weighted by atomic mass is 32.2. The quantitative estimate of drug-likeness (QED) is 0.899. The molecule has 24 heavy (non-hydrogen) atoms. The van der Waals surface area contributed by atoms with E-state index in [1.165, 1.54) is 12.4 Å². The van der Waals surface area contributed by atoms with Crippen molar-refractivity contribution in [1.29, 1.82) is 0 Å². The maximum atomic E-state index is 12.4. The van der Waals surface area contributed by atoms with Crippen LogP contribution in [0, 0.1) is 0 Å². The van der Waals surface area contributed by atoms with Crippen LogP contribution >= 0.6 is 0 Å². The molecule has 7 nitrogen and oxygen atoms in total. The van der Waals surface area contributed by atoms with E-state index >= 15 is 0 Å². The van der Waals surface area contributed by atoms with Crippen LogP contribution in [0.1, 0.15) is 20.3 Å². The van der Waals surface area contributed by atoms with E-state index in [1.54, 1.807) is 12.1 Å². The Balaban J connectivity index is 1.97. The number of benzene rings is 1. The second-order valence-corrected chi connectivity index (χ2v) is 8.30. The molecule has 0 aliphatic carbocycles. The molecule has 1 fully saturated rings. The van der Waals surface area contributed by atoms with E-state index in [2.05, 4.69) is 15.3 Å². The molecule has 1 unspecified atom stereocenters. The molecule has 0 spiro atoms. The van der Waals surface area contributed by atoms with E-state index in [0.717, 1.165) is 6.26 Å². The molecule has 1 aromatic heterocycles. The van der Waals surface area contributed by atoms with Crippen molar-refractivity contribution in [2.45, 2.75) is 37.2 Å².